The van der Waals surface area contributed by atoms with Crippen molar-refractivity contribution in [3.8, 4) is 0 Å². The molecule has 4 aromatic rings. The molecule has 0 saturated carbocycles. The summed E-state index contributed by atoms with van der Waals surface area (Å²) in [4.78, 5) is 14.0. The Hall–Kier alpha value is -2.42. The number of rotatable bonds is 3. The fourth-order valence-corrected chi connectivity index (χ4v) is 3.85. The predicted octanol–water partition coefficient (Wildman–Crippen LogP) is 3.27. The van der Waals surface area contributed by atoms with Gasteiger partial charge in [-0.25, -0.2) is 24.3 Å². The molecule has 0 bridgehead atoms. The summed E-state index contributed by atoms with van der Waals surface area (Å²) >= 11 is 1.62. The molecule has 1 unspecified atom stereocenters. The van der Waals surface area contributed by atoms with E-state index < -0.39 is 11.0 Å². The van der Waals surface area contributed by atoms with Crippen molar-refractivity contribution < 1.29 is 4.21 Å². The van der Waals surface area contributed by atoms with Gasteiger partial charge < -0.3 is 5.32 Å². The van der Waals surface area contributed by atoms with Crippen molar-refractivity contribution in [1.82, 2.24) is 15.0 Å². The molecule has 24 heavy (non-hydrogen) atoms. The quantitative estimate of drug-likeness (QED) is 0.588. The van der Waals surface area contributed by atoms with Crippen molar-refractivity contribution >= 4 is 55.1 Å². The Balaban J connectivity index is 1.78. The van der Waals surface area contributed by atoms with E-state index in [0.717, 1.165) is 31.8 Å². The molecule has 0 aliphatic rings. The second kappa shape index (κ2) is 5.90. The van der Waals surface area contributed by atoms with Crippen molar-refractivity contribution in [2.24, 2.45) is 5.14 Å². The van der Waals surface area contributed by atoms with Gasteiger partial charge in [0, 0.05) is 17.3 Å². The summed E-state index contributed by atoms with van der Waals surface area (Å²) in [6.07, 6.45) is 1.78. The van der Waals surface area contributed by atoms with Crippen LogP contribution in [-0.4, -0.2) is 19.2 Å². The number of aryl methyl sites for hydroxylation is 1. The van der Waals surface area contributed by atoms with Crippen molar-refractivity contribution in [2.45, 2.75) is 11.8 Å². The highest BCUT2D eigenvalue weighted by atomic mass is 32.2. The lowest BCUT2D eigenvalue weighted by Crippen LogP contribution is -2.03. The van der Waals surface area contributed by atoms with Gasteiger partial charge in [-0.15, -0.1) is 11.3 Å². The molecule has 0 radical (unpaired) electrons. The Morgan fingerprint density at radius 2 is 2.08 bits per heavy atom. The van der Waals surface area contributed by atoms with Crippen molar-refractivity contribution in [3.63, 3.8) is 0 Å². The van der Waals surface area contributed by atoms with Crippen LogP contribution in [0.25, 0.3) is 21.1 Å². The third-order valence-electron chi connectivity index (χ3n) is 3.54. The number of nitrogens with zero attached hydrogens (tertiary/aromatic N) is 3. The number of hydrogen-bond donors (Lipinski definition) is 2. The molecule has 6 nitrogen and oxygen atoms in total. The number of aromatic nitrogens is 3. The van der Waals surface area contributed by atoms with E-state index in [2.05, 4.69) is 20.3 Å². The zero-order chi connectivity index (χ0) is 16.7. The first-order valence-corrected chi connectivity index (χ1v) is 9.19. The zero-order valence-corrected chi connectivity index (χ0v) is 14.3. The molecule has 120 valence electrons. The van der Waals surface area contributed by atoms with Crippen LogP contribution in [0, 0.1) is 6.92 Å². The van der Waals surface area contributed by atoms with Crippen LogP contribution in [0.15, 0.2) is 47.5 Å². The normalized spacial score (nSPS) is 12.6. The number of benzene rings is 2. The summed E-state index contributed by atoms with van der Waals surface area (Å²) in [6, 6.07) is 11.0. The topological polar surface area (TPSA) is 93.8 Å². The average molecular weight is 355 g/mol. The molecule has 0 fully saturated rings. The van der Waals surface area contributed by atoms with Crippen molar-refractivity contribution in [1.29, 1.82) is 0 Å². The minimum absolute atomic E-state index is 0.473. The minimum Gasteiger partial charge on any atom is -0.324 e. The number of thiazole rings is 1. The summed E-state index contributed by atoms with van der Waals surface area (Å²) in [5, 5.41) is 10.5. The van der Waals surface area contributed by atoms with Gasteiger partial charge in [-0.1, -0.05) is 6.07 Å². The highest BCUT2D eigenvalue weighted by molar-refractivity contribution is 7.82. The standard InChI is InChI=1S/C16H13N5OS2/c1-9-19-13-6-5-10-8-18-16(21-14(10)15(13)23-9)20-11-3-2-4-12(7-11)24(17)22/h2-8H,17H2,1H3,(H,18,20,21). The first kappa shape index (κ1) is 15.1. The number of fused-ring (bicyclic) bond motifs is 3. The van der Waals surface area contributed by atoms with Gasteiger partial charge in [0.25, 0.3) is 0 Å². The average Bonchev–Trinajstić information content (AvgIpc) is 2.96. The van der Waals surface area contributed by atoms with E-state index >= 15 is 0 Å². The Bertz CT molecular complexity index is 1090. The molecule has 0 spiro atoms. The lowest BCUT2D eigenvalue weighted by Gasteiger charge is -2.07. The number of nitrogens with one attached hydrogen (secondary N) is 1. The van der Waals surface area contributed by atoms with Crippen LogP contribution >= 0.6 is 11.3 Å². The van der Waals surface area contributed by atoms with Gasteiger partial charge in [0.1, 0.15) is 11.0 Å². The summed E-state index contributed by atoms with van der Waals surface area (Å²) in [7, 11) is -1.52. The summed E-state index contributed by atoms with van der Waals surface area (Å²) in [5.74, 6) is 0.473. The lowest BCUT2D eigenvalue weighted by atomic mass is 10.2. The molecule has 0 amide bonds. The van der Waals surface area contributed by atoms with Gasteiger partial charge in [0.05, 0.1) is 25.6 Å². The third kappa shape index (κ3) is 2.75. The second-order valence-electron chi connectivity index (χ2n) is 5.23. The van der Waals surface area contributed by atoms with E-state index in [1.54, 1.807) is 35.7 Å². The van der Waals surface area contributed by atoms with Crippen LogP contribution in [0.5, 0.6) is 0 Å². The van der Waals surface area contributed by atoms with Crippen LogP contribution in [0.3, 0.4) is 0 Å². The van der Waals surface area contributed by atoms with Crippen LogP contribution in [0.4, 0.5) is 11.6 Å². The zero-order valence-electron chi connectivity index (χ0n) is 12.7. The molecule has 3 N–H and O–H groups in total. The lowest BCUT2D eigenvalue weighted by molar-refractivity contribution is 0.684. The Kier molecular flexibility index (Phi) is 3.72. The monoisotopic (exact) mass is 355 g/mol. The molecular formula is C16H13N5OS2. The van der Waals surface area contributed by atoms with Crippen LogP contribution in [0.2, 0.25) is 0 Å². The molecule has 8 heteroatoms. The van der Waals surface area contributed by atoms with Gasteiger partial charge in [0.15, 0.2) is 0 Å². The molecule has 2 aromatic heterocycles. The molecule has 0 aliphatic heterocycles. The third-order valence-corrected chi connectivity index (χ3v) is 5.25. The molecular weight excluding hydrogens is 342 g/mol. The maximum absolute atomic E-state index is 11.4. The van der Waals surface area contributed by atoms with E-state index in [9.17, 15) is 4.21 Å². The van der Waals surface area contributed by atoms with E-state index in [4.69, 9.17) is 5.14 Å². The summed E-state index contributed by atoms with van der Waals surface area (Å²) < 4.78 is 12.4. The number of hydrogen-bond acceptors (Lipinski definition) is 6. The fraction of sp³-hybridized carbons (Fsp3) is 0.0625. The first-order chi connectivity index (χ1) is 11.6. The molecule has 0 saturated heterocycles. The highest BCUT2D eigenvalue weighted by Gasteiger charge is 2.09. The molecule has 4 rings (SSSR count). The smallest absolute Gasteiger partial charge is 0.227 e. The second-order valence-corrected chi connectivity index (χ2v) is 7.50. The molecule has 0 aliphatic carbocycles. The molecule has 2 aromatic carbocycles. The fourth-order valence-electron chi connectivity index (χ4n) is 2.48. The van der Waals surface area contributed by atoms with Gasteiger partial charge in [-0.3, -0.25) is 0 Å². The largest absolute Gasteiger partial charge is 0.324 e. The van der Waals surface area contributed by atoms with Gasteiger partial charge in [0.2, 0.25) is 5.95 Å². The molecule has 2 heterocycles. The summed E-state index contributed by atoms with van der Waals surface area (Å²) in [5.41, 5.74) is 2.54. The first-order valence-electron chi connectivity index (χ1n) is 7.16. The minimum atomic E-state index is -1.52. The van der Waals surface area contributed by atoms with Gasteiger partial charge >= 0.3 is 0 Å². The Morgan fingerprint density at radius 3 is 2.92 bits per heavy atom. The van der Waals surface area contributed by atoms with Crippen LogP contribution in [0.1, 0.15) is 5.01 Å². The van der Waals surface area contributed by atoms with E-state index in [0.29, 0.717) is 10.8 Å². The predicted molar refractivity (Wildman–Crippen MR) is 97.8 cm³/mol. The maximum atomic E-state index is 11.4. The Morgan fingerprint density at radius 1 is 1.21 bits per heavy atom. The molecule has 1 atom stereocenters. The Labute approximate surface area is 144 Å². The van der Waals surface area contributed by atoms with Crippen LogP contribution in [-0.2, 0) is 11.0 Å². The number of anilines is 2. The van der Waals surface area contributed by atoms with E-state index in [1.165, 1.54) is 0 Å². The van der Waals surface area contributed by atoms with Crippen molar-refractivity contribution in [2.75, 3.05) is 5.32 Å². The van der Waals surface area contributed by atoms with Gasteiger partial charge in [-0.05, 0) is 37.3 Å². The van der Waals surface area contributed by atoms with E-state index in [-0.39, 0.29) is 0 Å². The SMILES string of the molecule is Cc1nc2ccc3cnc(Nc4cccc(S(N)=O)c4)nc3c2s1. The highest BCUT2D eigenvalue weighted by Crippen LogP contribution is 2.29. The number of nitrogens with two attached hydrogens (primary N) is 1. The van der Waals surface area contributed by atoms with E-state index in [1.807, 2.05) is 25.1 Å². The van der Waals surface area contributed by atoms with Gasteiger partial charge in [-0.2, -0.15) is 0 Å². The van der Waals surface area contributed by atoms with Crippen LogP contribution < -0.4 is 10.5 Å². The summed E-state index contributed by atoms with van der Waals surface area (Å²) in [6.45, 7) is 1.98. The maximum Gasteiger partial charge on any atom is 0.227 e. The van der Waals surface area contributed by atoms with Crippen molar-refractivity contribution in [3.05, 3.63) is 47.6 Å².